The predicted octanol–water partition coefficient (Wildman–Crippen LogP) is 3.50. The molecular weight excluding hydrogens is 406 g/mol. The lowest BCUT2D eigenvalue weighted by Crippen LogP contribution is -2.29. The Bertz CT molecular complexity index is 1100. The normalized spacial score (nSPS) is 10.5. The molecule has 0 amide bonds. The number of hydrogen-bond acceptors (Lipinski definition) is 6. The van der Waals surface area contributed by atoms with Crippen LogP contribution in [0.4, 0.5) is 5.69 Å². The SMILES string of the molecule is COC(=O)c1ccccc1-n1ncc(N(C)CCOc2ccc(C)cc2)c(Cl)c1=O. The molecule has 0 aliphatic heterocycles. The highest BCUT2D eigenvalue weighted by Gasteiger charge is 2.18. The van der Waals surface area contributed by atoms with Gasteiger partial charge < -0.3 is 14.4 Å². The maximum absolute atomic E-state index is 12.8. The molecule has 0 aliphatic rings. The third-order valence-electron chi connectivity index (χ3n) is 4.57. The monoisotopic (exact) mass is 427 g/mol. The van der Waals surface area contributed by atoms with Gasteiger partial charge in [0, 0.05) is 7.05 Å². The Kier molecular flexibility index (Phi) is 6.74. The van der Waals surface area contributed by atoms with Crippen LogP contribution >= 0.6 is 11.6 Å². The Hall–Kier alpha value is -3.32. The number of benzene rings is 2. The summed E-state index contributed by atoms with van der Waals surface area (Å²) in [5.41, 5.74) is 1.62. The van der Waals surface area contributed by atoms with E-state index in [-0.39, 0.29) is 10.6 Å². The van der Waals surface area contributed by atoms with Gasteiger partial charge in [-0.3, -0.25) is 4.79 Å². The highest BCUT2D eigenvalue weighted by molar-refractivity contribution is 6.33. The molecule has 156 valence electrons. The van der Waals surface area contributed by atoms with Gasteiger partial charge in [0.2, 0.25) is 0 Å². The number of anilines is 1. The number of esters is 1. The van der Waals surface area contributed by atoms with Gasteiger partial charge in [0.25, 0.3) is 5.56 Å². The van der Waals surface area contributed by atoms with Crippen LogP contribution in [0.15, 0.2) is 59.5 Å². The van der Waals surface area contributed by atoms with Crippen molar-refractivity contribution in [3.05, 3.63) is 81.2 Å². The largest absolute Gasteiger partial charge is 0.492 e. The van der Waals surface area contributed by atoms with Gasteiger partial charge in [-0.1, -0.05) is 41.4 Å². The Labute approximate surface area is 179 Å². The van der Waals surface area contributed by atoms with E-state index in [2.05, 4.69) is 5.10 Å². The fourth-order valence-electron chi connectivity index (χ4n) is 2.86. The molecule has 0 radical (unpaired) electrons. The minimum absolute atomic E-state index is 0.00232. The second kappa shape index (κ2) is 9.45. The van der Waals surface area contributed by atoms with Gasteiger partial charge in [-0.15, -0.1) is 0 Å². The minimum atomic E-state index is -0.565. The van der Waals surface area contributed by atoms with Crippen LogP contribution in [0.3, 0.4) is 0 Å². The van der Waals surface area contributed by atoms with Crippen molar-refractivity contribution in [1.29, 1.82) is 0 Å². The summed E-state index contributed by atoms with van der Waals surface area (Å²) in [5.74, 6) is 0.206. The van der Waals surface area contributed by atoms with E-state index in [4.69, 9.17) is 21.1 Å². The van der Waals surface area contributed by atoms with Crippen molar-refractivity contribution in [2.24, 2.45) is 0 Å². The number of carbonyl (C=O) groups is 1. The first kappa shape index (κ1) is 21.4. The topological polar surface area (TPSA) is 73.7 Å². The average Bonchev–Trinajstić information content (AvgIpc) is 2.76. The second-order valence-electron chi connectivity index (χ2n) is 6.65. The molecule has 1 aromatic heterocycles. The first-order chi connectivity index (χ1) is 14.4. The molecule has 0 saturated heterocycles. The highest BCUT2D eigenvalue weighted by Crippen LogP contribution is 2.22. The van der Waals surface area contributed by atoms with Gasteiger partial charge in [0.15, 0.2) is 0 Å². The second-order valence-corrected chi connectivity index (χ2v) is 7.03. The number of aromatic nitrogens is 2. The number of rotatable bonds is 7. The van der Waals surface area contributed by atoms with E-state index in [1.165, 1.54) is 13.3 Å². The number of hydrogen-bond donors (Lipinski definition) is 0. The summed E-state index contributed by atoms with van der Waals surface area (Å²) in [6, 6.07) is 14.3. The van der Waals surface area contributed by atoms with Crippen molar-refractivity contribution in [2.45, 2.75) is 6.92 Å². The Morgan fingerprint density at radius 1 is 1.17 bits per heavy atom. The number of carbonyl (C=O) groups excluding carboxylic acids is 1. The van der Waals surface area contributed by atoms with Gasteiger partial charge in [-0.05, 0) is 31.2 Å². The first-order valence-electron chi connectivity index (χ1n) is 9.28. The van der Waals surface area contributed by atoms with E-state index < -0.39 is 11.5 Å². The van der Waals surface area contributed by atoms with E-state index in [1.807, 2.05) is 31.2 Å². The Morgan fingerprint density at radius 2 is 1.87 bits per heavy atom. The van der Waals surface area contributed by atoms with Crippen molar-refractivity contribution < 1.29 is 14.3 Å². The zero-order valence-electron chi connectivity index (χ0n) is 17.0. The summed E-state index contributed by atoms with van der Waals surface area (Å²) in [4.78, 5) is 26.6. The van der Waals surface area contributed by atoms with E-state index in [1.54, 1.807) is 36.2 Å². The standard InChI is InChI=1S/C22H22ClN3O4/c1-15-8-10-16(11-9-15)30-13-12-25(2)19-14-24-26(21(27)20(19)23)18-7-5-4-6-17(18)22(28)29-3/h4-11,14H,12-13H2,1-3H3. The molecule has 0 N–H and O–H groups in total. The fourth-order valence-corrected chi connectivity index (χ4v) is 3.13. The Morgan fingerprint density at radius 3 is 2.57 bits per heavy atom. The van der Waals surface area contributed by atoms with E-state index in [9.17, 15) is 9.59 Å². The number of aryl methyl sites for hydroxylation is 1. The lowest BCUT2D eigenvalue weighted by Gasteiger charge is -2.21. The van der Waals surface area contributed by atoms with Gasteiger partial charge in [0.05, 0.1) is 36.8 Å². The van der Waals surface area contributed by atoms with Crippen LogP contribution < -0.4 is 15.2 Å². The molecule has 0 bridgehead atoms. The quantitative estimate of drug-likeness (QED) is 0.537. The number of likely N-dealkylation sites (N-methyl/N-ethyl adjacent to an activating group) is 1. The van der Waals surface area contributed by atoms with Crippen molar-refractivity contribution in [3.63, 3.8) is 0 Å². The van der Waals surface area contributed by atoms with Crippen LogP contribution in [0.5, 0.6) is 5.75 Å². The maximum atomic E-state index is 12.8. The van der Waals surface area contributed by atoms with Crippen LogP contribution in [-0.2, 0) is 4.74 Å². The molecule has 0 spiro atoms. The number of ether oxygens (including phenoxy) is 2. The van der Waals surface area contributed by atoms with Crippen molar-refractivity contribution >= 4 is 23.3 Å². The molecule has 2 aromatic carbocycles. The molecule has 0 fully saturated rings. The molecule has 3 aromatic rings. The number of halogens is 1. The molecule has 0 aliphatic carbocycles. The van der Waals surface area contributed by atoms with Gasteiger partial charge in [-0.25, -0.2) is 4.79 Å². The number of para-hydroxylation sites is 1. The highest BCUT2D eigenvalue weighted by atomic mass is 35.5. The lowest BCUT2D eigenvalue weighted by atomic mass is 10.2. The molecule has 0 unspecified atom stereocenters. The van der Waals surface area contributed by atoms with E-state index >= 15 is 0 Å². The van der Waals surface area contributed by atoms with Crippen molar-refractivity contribution in [1.82, 2.24) is 9.78 Å². The maximum Gasteiger partial charge on any atom is 0.340 e. The molecular formula is C22H22ClN3O4. The van der Waals surface area contributed by atoms with Gasteiger partial charge in [-0.2, -0.15) is 9.78 Å². The van der Waals surface area contributed by atoms with Crippen molar-refractivity contribution in [3.8, 4) is 11.4 Å². The van der Waals surface area contributed by atoms with Crippen molar-refractivity contribution in [2.75, 3.05) is 32.2 Å². The zero-order chi connectivity index (χ0) is 21.7. The van der Waals surface area contributed by atoms with E-state index in [0.717, 1.165) is 16.0 Å². The summed E-state index contributed by atoms with van der Waals surface area (Å²) in [6.45, 7) is 2.92. The Balaban J connectivity index is 1.79. The summed E-state index contributed by atoms with van der Waals surface area (Å²) < 4.78 is 11.6. The lowest BCUT2D eigenvalue weighted by molar-refractivity contribution is 0.0600. The number of nitrogens with zero attached hydrogens (tertiary/aromatic N) is 3. The first-order valence-corrected chi connectivity index (χ1v) is 9.66. The molecule has 0 saturated carbocycles. The van der Waals surface area contributed by atoms with Gasteiger partial charge in [0.1, 0.15) is 17.4 Å². The van der Waals surface area contributed by atoms with Crippen LogP contribution in [0.25, 0.3) is 5.69 Å². The smallest absolute Gasteiger partial charge is 0.340 e. The summed E-state index contributed by atoms with van der Waals surface area (Å²) in [7, 11) is 3.08. The minimum Gasteiger partial charge on any atom is -0.492 e. The van der Waals surface area contributed by atoms with Crippen LogP contribution in [-0.4, -0.2) is 43.1 Å². The molecule has 7 nitrogen and oxygen atoms in total. The molecule has 3 rings (SSSR count). The molecule has 30 heavy (non-hydrogen) atoms. The molecule has 0 atom stereocenters. The summed E-state index contributed by atoms with van der Waals surface area (Å²) in [6.07, 6.45) is 1.49. The predicted molar refractivity (Wildman–Crippen MR) is 116 cm³/mol. The fraction of sp³-hybridized carbons (Fsp3) is 0.227. The average molecular weight is 428 g/mol. The number of methoxy groups -OCH3 is 1. The van der Waals surface area contributed by atoms with Crippen LogP contribution in [0, 0.1) is 6.92 Å². The van der Waals surface area contributed by atoms with E-state index in [0.29, 0.717) is 24.5 Å². The van der Waals surface area contributed by atoms with Crippen LogP contribution in [0.1, 0.15) is 15.9 Å². The van der Waals surface area contributed by atoms with Crippen LogP contribution in [0.2, 0.25) is 5.02 Å². The van der Waals surface area contributed by atoms with Gasteiger partial charge >= 0.3 is 5.97 Å². The summed E-state index contributed by atoms with van der Waals surface area (Å²) >= 11 is 6.35. The molecule has 8 heteroatoms. The third-order valence-corrected chi connectivity index (χ3v) is 4.92. The third kappa shape index (κ3) is 4.63. The molecule has 1 heterocycles. The zero-order valence-corrected chi connectivity index (χ0v) is 17.7. The summed E-state index contributed by atoms with van der Waals surface area (Å²) in [5, 5.41) is 4.22.